The Morgan fingerprint density at radius 2 is 1.46 bits per heavy atom. The van der Waals surface area contributed by atoms with Crippen LogP contribution in [0, 0.1) is 10.8 Å². The number of benzene rings is 2. The van der Waals surface area contributed by atoms with E-state index in [1.807, 2.05) is 0 Å². The number of fused-ring (bicyclic) bond motifs is 1. The fourth-order valence-corrected chi connectivity index (χ4v) is 7.75. The quantitative estimate of drug-likeness (QED) is 0.526. The lowest BCUT2D eigenvalue weighted by atomic mass is 9.63. The molecular formula is C28H37NO5S. The minimum Gasteiger partial charge on any atom is -0.490 e. The molecule has 1 saturated carbocycles. The summed E-state index contributed by atoms with van der Waals surface area (Å²) < 4.78 is 43.0. The van der Waals surface area contributed by atoms with Crippen LogP contribution in [-0.2, 0) is 9.84 Å². The van der Waals surface area contributed by atoms with Gasteiger partial charge in [0.2, 0.25) is 16.6 Å². The molecule has 5 rings (SSSR count). The van der Waals surface area contributed by atoms with E-state index < -0.39 is 9.84 Å². The van der Waals surface area contributed by atoms with Crippen LogP contribution in [0.3, 0.4) is 0 Å². The van der Waals surface area contributed by atoms with Gasteiger partial charge in [0.05, 0.1) is 9.79 Å². The third-order valence-electron chi connectivity index (χ3n) is 7.62. The Labute approximate surface area is 209 Å². The van der Waals surface area contributed by atoms with Crippen molar-refractivity contribution in [2.75, 3.05) is 19.9 Å². The molecule has 1 saturated heterocycles. The predicted octanol–water partition coefficient (Wildman–Crippen LogP) is 5.70. The SMILES string of the molecule is CC1(C)CC(N2CCC(Oc3ccc(S(=O)(=O)c4ccc5c(c4)OCO5)cc3)CC2)CC(C)(C)C1. The van der Waals surface area contributed by atoms with Gasteiger partial charge in [0.1, 0.15) is 11.9 Å². The molecule has 0 unspecified atom stereocenters. The number of ether oxygens (including phenoxy) is 3. The average Bonchev–Trinajstić information content (AvgIpc) is 3.26. The first-order valence-electron chi connectivity index (χ1n) is 12.7. The minimum absolute atomic E-state index is 0.112. The first-order valence-corrected chi connectivity index (χ1v) is 14.1. The van der Waals surface area contributed by atoms with Crippen LogP contribution in [-0.4, -0.2) is 45.3 Å². The largest absolute Gasteiger partial charge is 0.490 e. The highest BCUT2D eigenvalue weighted by molar-refractivity contribution is 7.91. The van der Waals surface area contributed by atoms with Crippen LogP contribution in [0.2, 0.25) is 0 Å². The highest BCUT2D eigenvalue weighted by atomic mass is 32.2. The molecule has 0 amide bonds. The highest BCUT2D eigenvalue weighted by Gasteiger charge is 2.41. The molecule has 35 heavy (non-hydrogen) atoms. The van der Waals surface area contributed by atoms with Crippen molar-refractivity contribution in [1.29, 1.82) is 0 Å². The Morgan fingerprint density at radius 1 is 0.857 bits per heavy atom. The van der Waals surface area contributed by atoms with Gasteiger partial charge >= 0.3 is 0 Å². The maximum Gasteiger partial charge on any atom is 0.231 e. The fourth-order valence-electron chi connectivity index (χ4n) is 6.47. The molecule has 0 spiro atoms. The van der Waals surface area contributed by atoms with Crippen molar-refractivity contribution < 1.29 is 22.6 Å². The zero-order valence-corrected chi connectivity index (χ0v) is 22.1. The number of likely N-dealkylation sites (tertiary alicyclic amines) is 1. The van der Waals surface area contributed by atoms with E-state index in [0.717, 1.165) is 25.9 Å². The number of hydrogen-bond donors (Lipinski definition) is 0. The van der Waals surface area contributed by atoms with Gasteiger partial charge in [0.15, 0.2) is 11.5 Å². The second-order valence-electron chi connectivity index (χ2n) is 11.9. The molecule has 0 N–H and O–H groups in total. The fraction of sp³-hybridized carbons (Fsp3) is 0.571. The first-order chi connectivity index (χ1) is 16.5. The van der Waals surface area contributed by atoms with Crippen molar-refractivity contribution in [3.63, 3.8) is 0 Å². The van der Waals surface area contributed by atoms with E-state index in [9.17, 15) is 8.42 Å². The summed E-state index contributed by atoms with van der Waals surface area (Å²) in [4.78, 5) is 3.10. The summed E-state index contributed by atoms with van der Waals surface area (Å²) in [5.41, 5.74) is 0.783. The van der Waals surface area contributed by atoms with Crippen molar-refractivity contribution in [2.45, 2.75) is 81.7 Å². The van der Waals surface area contributed by atoms with Gasteiger partial charge in [-0.15, -0.1) is 0 Å². The molecule has 0 radical (unpaired) electrons. The number of piperidine rings is 1. The van der Waals surface area contributed by atoms with Crippen LogP contribution in [0.5, 0.6) is 17.2 Å². The highest BCUT2D eigenvalue weighted by Crippen LogP contribution is 2.47. The molecule has 2 aliphatic heterocycles. The standard InChI is InChI=1S/C28H37NO5S/c1-27(2)16-20(17-28(3,4)18-27)29-13-11-22(12-14-29)34-21-5-7-23(8-6-21)35(30,31)24-9-10-25-26(15-24)33-19-32-25/h5-10,15,20,22H,11-14,16-19H2,1-4H3. The minimum atomic E-state index is -3.65. The third kappa shape index (κ3) is 5.31. The Bertz CT molecular complexity index is 1150. The zero-order valence-electron chi connectivity index (χ0n) is 21.2. The molecule has 2 aromatic carbocycles. The molecule has 6 nitrogen and oxygen atoms in total. The van der Waals surface area contributed by atoms with Crippen LogP contribution in [0.25, 0.3) is 0 Å². The van der Waals surface area contributed by atoms with Gasteiger partial charge in [-0.1, -0.05) is 27.7 Å². The second-order valence-corrected chi connectivity index (χ2v) is 13.9. The van der Waals surface area contributed by atoms with Gasteiger partial charge < -0.3 is 19.1 Å². The third-order valence-corrected chi connectivity index (χ3v) is 9.38. The average molecular weight is 500 g/mol. The summed E-state index contributed by atoms with van der Waals surface area (Å²) in [6.07, 6.45) is 5.97. The number of rotatable bonds is 5. The predicted molar refractivity (Wildman–Crippen MR) is 135 cm³/mol. The summed E-state index contributed by atoms with van der Waals surface area (Å²) in [6.45, 7) is 11.9. The van der Waals surface area contributed by atoms with Crippen molar-refractivity contribution in [1.82, 2.24) is 4.90 Å². The maximum absolute atomic E-state index is 13.1. The van der Waals surface area contributed by atoms with Crippen molar-refractivity contribution in [3.05, 3.63) is 42.5 Å². The summed E-state index contributed by atoms with van der Waals surface area (Å²) in [5, 5.41) is 0. The first kappa shape index (κ1) is 24.4. The lowest BCUT2D eigenvalue weighted by molar-refractivity contribution is -0.00107. The molecule has 190 valence electrons. The smallest absolute Gasteiger partial charge is 0.231 e. The molecule has 0 bridgehead atoms. The van der Waals surface area contributed by atoms with Crippen molar-refractivity contribution in [2.24, 2.45) is 10.8 Å². The van der Waals surface area contributed by atoms with Crippen molar-refractivity contribution >= 4 is 9.84 Å². The van der Waals surface area contributed by atoms with E-state index in [-0.39, 0.29) is 22.7 Å². The van der Waals surface area contributed by atoms with E-state index in [1.54, 1.807) is 36.4 Å². The summed E-state index contributed by atoms with van der Waals surface area (Å²) >= 11 is 0. The number of nitrogens with zero attached hydrogens (tertiary/aromatic N) is 1. The lowest BCUT2D eigenvalue weighted by Crippen LogP contribution is -2.50. The molecule has 2 fully saturated rings. The van der Waals surface area contributed by atoms with Crippen molar-refractivity contribution in [3.8, 4) is 17.2 Å². The monoisotopic (exact) mass is 499 g/mol. The molecule has 0 aromatic heterocycles. The van der Waals surface area contributed by atoms with E-state index in [4.69, 9.17) is 14.2 Å². The molecule has 3 aliphatic rings. The molecule has 2 aromatic rings. The van der Waals surface area contributed by atoms with Gasteiger partial charge in [-0.2, -0.15) is 0 Å². The van der Waals surface area contributed by atoms with Gasteiger partial charge in [0, 0.05) is 25.2 Å². The summed E-state index contributed by atoms with van der Waals surface area (Å²) in [5.74, 6) is 1.74. The van der Waals surface area contributed by atoms with Gasteiger partial charge in [-0.3, -0.25) is 0 Å². The van der Waals surface area contributed by atoms with Gasteiger partial charge in [-0.05, 0) is 79.3 Å². The van der Waals surface area contributed by atoms with Crippen LogP contribution in [0.4, 0.5) is 0 Å². The molecule has 7 heteroatoms. The molecule has 2 heterocycles. The topological polar surface area (TPSA) is 65.1 Å². The second kappa shape index (κ2) is 9.00. The Balaban J connectivity index is 1.19. The van der Waals surface area contributed by atoms with Crippen LogP contribution in [0.1, 0.15) is 59.8 Å². The normalized spacial score (nSPS) is 22.7. The Morgan fingerprint density at radius 3 is 2.11 bits per heavy atom. The molecule has 0 atom stereocenters. The van der Waals surface area contributed by atoms with Crippen LogP contribution in [0.15, 0.2) is 52.3 Å². The number of hydrogen-bond acceptors (Lipinski definition) is 6. The zero-order chi connectivity index (χ0) is 24.8. The molecule has 1 aliphatic carbocycles. The van der Waals surface area contributed by atoms with E-state index in [2.05, 4.69) is 32.6 Å². The van der Waals surface area contributed by atoms with Crippen LogP contribution < -0.4 is 14.2 Å². The number of sulfone groups is 1. The lowest BCUT2D eigenvalue weighted by Gasteiger charge is -2.49. The van der Waals surface area contributed by atoms with E-state index in [1.165, 1.54) is 25.3 Å². The molecular weight excluding hydrogens is 462 g/mol. The van der Waals surface area contributed by atoms with E-state index >= 15 is 0 Å². The van der Waals surface area contributed by atoms with Crippen LogP contribution >= 0.6 is 0 Å². The van der Waals surface area contributed by atoms with E-state index in [0.29, 0.717) is 34.1 Å². The summed E-state index contributed by atoms with van der Waals surface area (Å²) in [7, 11) is -3.65. The van der Waals surface area contributed by atoms with Gasteiger partial charge in [0.25, 0.3) is 0 Å². The Hall–Kier alpha value is -2.25. The van der Waals surface area contributed by atoms with Gasteiger partial charge in [-0.25, -0.2) is 8.42 Å². The maximum atomic E-state index is 13.1. The Kier molecular flexibility index (Phi) is 6.29. The summed E-state index contributed by atoms with van der Waals surface area (Å²) in [6, 6.07) is 12.1.